The van der Waals surface area contributed by atoms with Gasteiger partial charge in [-0.3, -0.25) is 9.69 Å². The smallest absolute Gasteiger partial charge is 0.234 e. The zero-order valence-corrected chi connectivity index (χ0v) is 18.7. The molecule has 2 heterocycles. The molecule has 0 spiro atoms. The molecule has 3 aromatic rings. The molecule has 4 rings (SSSR count). The van der Waals surface area contributed by atoms with Crippen molar-refractivity contribution in [2.75, 3.05) is 27.3 Å². The lowest BCUT2D eigenvalue weighted by molar-refractivity contribution is -0.123. The Bertz CT molecular complexity index is 991. The van der Waals surface area contributed by atoms with Crippen LogP contribution in [0.25, 0.3) is 0 Å². The summed E-state index contributed by atoms with van der Waals surface area (Å²) in [5.74, 6) is 1.60. The maximum atomic E-state index is 13.1. The summed E-state index contributed by atoms with van der Waals surface area (Å²) in [4.78, 5) is 16.5. The third kappa shape index (κ3) is 4.92. The molecule has 1 saturated heterocycles. The third-order valence-electron chi connectivity index (χ3n) is 5.78. The molecule has 0 unspecified atom stereocenters. The summed E-state index contributed by atoms with van der Waals surface area (Å²) in [5.41, 5.74) is 2.19. The number of benzene rings is 2. The summed E-state index contributed by atoms with van der Waals surface area (Å²) < 4.78 is 10.9. The quantitative estimate of drug-likeness (QED) is 0.551. The molecule has 1 amide bonds. The Labute approximate surface area is 187 Å². The van der Waals surface area contributed by atoms with E-state index in [1.165, 1.54) is 0 Å². The van der Waals surface area contributed by atoms with E-state index in [1.807, 2.05) is 41.8 Å². The Morgan fingerprint density at radius 3 is 2.68 bits per heavy atom. The second kappa shape index (κ2) is 9.98. The number of nitrogens with one attached hydrogen (secondary N) is 1. The lowest BCUT2D eigenvalue weighted by Gasteiger charge is -2.27. The summed E-state index contributed by atoms with van der Waals surface area (Å²) in [6.07, 6.45) is 2.06. The number of nitrogens with zero attached hydrogens (tertiary/aromatic N) is 1. The van der Waals surface area contributed by atoms with Crippen molar-refractivity contribution in [3.05, 3.63) is 82.0 Å². The van der Waals surface area contributed by atoms with Gasteiger partial charge in [-0.2, -0.15) is 0 Å². The van der Waals surface area contributed by atoms with E-state index in [2.05, 4.69) is 34.5 Å². The fourth-order valence-corrected chi connectivity index (χ4v) is 5.07. The number of methoxy groups -OCH3 is 2. The molecular weight excluding hydrogens is 408 g/mol. The molecular formula is C25H28N2O3S. The second-order valence-electron chi connectivity index (χ2n) is 7.66. The van der Waals surface area contributed by atoms with Crippen LogP contribution in [0.4, 0.5) is 0 Å². The van der Waals surface area contributed by atoms with E-state index in [4.69, 9.17) is 9.47 Å². The van der Waals surface area contributed by atoms with Gasteiger partial charge in [-0.1, -0.05) is 42.5 Å². The van der Waals surface area contributed by atoms with Crippen LogP contribution in [-0.2, 0) is 4.79 Å². The van der Waals surface area contributed by atoms with Gasteiger partial charge >= 0.3 is 0 Å². The van der Waals surface area contributed by atoms with Gasteiger partial charge in [0.2, 0.25) is 5.91 Å². The highest BCUT2D eigenvalue weighted by molar-refractivity contribution is 7.10. The lowest BCUT2D eigenvalue weighted by atomic mass is 10.0. The van der Waals surface area contributed by atoms with Crippen LogP contribution >= 0.6 is 11.3 Å². The van der Waals surface area contributed by atoms with E-state index < -0.39 is 0 Å². The van der Waals surface area contributed by atoms with Gasteiger partial charge < -0.3 is 14.8 Å². The van der Waals surface area contributed by atoms with Crippen LogP contribution in [0.3, 0.4) is 0 Å². The SMILES string of the molecule is COc1ccc([C@@H]2CCCN2CC(=O)N[C@H](c2ccccc2)c2cccs2)c(OC)c1. The fraction of sp³-hybridized carbons (Fsp3) is 0.320. The maximum Gasteiger partial charge on any atom is 0.234 e. The normalized spacial score (nSPS) is 17.3. The van der Waals surface area contributed by atoms with Crippen molar-refractivity contribution in [2.45, 2.75) is 24.9 Å². The molecule has 2 atom stereocenters. The molecule has 1 fully saturated rings. The summed E-state index contributed by atoms with van der Waals surface area (Å²) in [6.45, 7) is 1.25. The first-order valence-electron chi connectivity index (χ1n) is 10.5. The molecule has 0 saturated carbocycles. The number of carbonyl (C=O) groups excluding carboxylic acids is 1. The molecule has 0 bridgehead atoms. The van der Waals surface area contributed by atoms with Gasteiger partial charge in [0.05, 0.1) is 26.8 Å². The molecule has 162 valence electrons. The third-order valence-corrected chi connectivity index (χ3v) is 6.71. The molecule has 1 N–H and O–H groups in total. The Morgan fingerprint density at radius 1 is 1.13 bits per heavy atom. The van der Waals surface area contributed by atoms with E-state index in [0.717, 1.165) is 46.9 Å². The van der Waals surface area contributed by atoms with Gasteiger partial charge in [0, 0.05) is 22.5 Å². The van der Waals surface area contributed by atoms with Crippen molar-refractivity contribution >= 4 is 17.2 Å². The van der Waals surface area contributed by atoms with Crippen molar-refractivity contribution in [3.8, 4) is 11.5 Å². The Hall–Kier alpha value is -2.83. The van der Waals surface area contributed by atoms with Crippen molar-refractivity contribution in [3.63, 3.8) is 0 Å². The minimum absolute atomic E-state index is 0.0293. The molecule has 0 aliphatic carbocycles. The van der Waals surface area contributed by atoms with Crippen LogP contribution < -0.4 is 14.8 Å². The monoisotopic (exact) mass is 436 g/mol. The van der Waals surface area contributed by atoms with E-state index in [9.17, 15) is 4.79 Å². The van der Waals surface area contributed by atoms with Crippen LogP contribution in [0.15, 0.2) is 66.0 Å². The minimum Gasteiger partial charge on any atom is -0.497 e. The van der Waals surface area contributed by atoms with E-state index >= 15 is 0 Å². The van der Waals surface area contributed by atoms with E-state index in [1.54, 1.807) is 25.6 Å². The topological polar surface area (TPSA) is 50.8 Å². The fourth-order valence-electron chi connectivity index (χ4n) is 4.27. The van der Waals surface area contributed by atoms with Gasteiger partial charge in [0.15, 0.2) is 0 Å². The second-order valence-corrected chi connectivity index (χ2v) is 8.64. The van der Waals surface area contributed by atoms with Crippen LogP contribution in [0.1, 0.15) is 40.9 Å². The van der Waals surface area contributed by atoms with E-state index in [0.29, 0.717) is 6.54 Å². The average molecular weight is 437 g/mol. The summed E-state index contributed by atoms with van der Waals surface area (Å²) >= 11 is 1.66. The number of likely N-dealkylation sites (tertiary alicyclic amines) is 1. The van der Waals surface area contributed by atoms with Crippen LogP contribution in [0.5, 0.6) is 11.5 Å². The van der Waals surface area contributed by atoms with Gasteiger partial charge in [0.1, 0.15) is 11.5 Å². The van der Waals surface area contributed by atoms with Crippen LogP contribution in [-0.4, -0.2) is 38.1 Å². The summed E-state index contributed by atoms with van der Waals surface area (Å²) in [6, 6.07) is 20.2. The number of hydrogen-bond acceptors (Lipinski definition) is 5. The number of carbonyl (C=O) groups is 1. The molecule has 6 heteroatoms. The highest BCUT2D eigenvalue weighted by Crippen LogP contribution is 2.38. The number of thiophene rings is 1. The molecule has 5 nitrogen and oxygen atoms in total. The Balaban J connectivity index is 1.50. The predicted octanol–water partition coefficient (Wildman–Crippen LogP) is 4.81. The molecule has 1 aliphatic rings. The maximum absolute atomic E-state index is 13.1. The van der Waals surface area contributed by atoms with Gasteiger partial charge in [0.25, 0.3) is 0 Å². The summed E-state index contributed by atoms with van der Waals surface area (Å²) in [5, 5.41) is 5.31. The van der Waals surface area contributed by atoms with Gasteiger partial charge in [-0.05, 0) is 42.5 Å². The first-order chi connectivity index (χ1) is 15.2. The highest BCUT2D eigenvalue weighted by Gasteiger charge is 2.30. The Kier molecular flexibility index (Phi) is 6.89. The largest absolute Gasteiger partial charge is 0.497 e. The minimum atomic E-state index is -0.134. The summed E-state index contributed by atoms with van der Waals surface area (Å²) in [7, 11) is 3.33. The standard InChI is InChI=1S/C25H28N2O3S/c1-29-19-12-13-20(22(16-19)30-2)21-10-6-14-27(21)17-24(28)26-25(23-11-7-15-31-23)18-8-4-3-5-9-18/h3-5,7-9,11-13,15-16,21,25H,6,10,14,17H2,1-2H3,(H,26,28)/t21-,25+/m0/s1. The molecule has 1 aliphatic heterocycles. The number of ether oxygens (including phenoxy) is 2. The van der Waals surface area contributed by atoms with Crippen molar-refractivity contribution in [1.29, 1.82) is 0 Å². The Morgan fingerprint density at radius 2 is 1.97 bits per heavy atom. The van der Waals surface area contributed by atoms with Crippen molar-refractivity contribution < 1.29 is 14.3 Å². The highest BCUT2D eigenvalue weighted by atomic mass is 32.1. The van der Waals surface area contributed by atoms with Crippen LogP contribution in [0.2, 0.25) is 0 Å². The molecule has 1 aromatic heterocycles. The van der Waals surface area contributed by atoms with Crippen LogP contribution in [0, 0.1) is 0 Å². The van der Waals surface area contributed by atoms with Gasteiger partial charge in [-0.25, -0.2) is 0 Å². The van der Waals surface area contributed by atoms with E-state index in [-0.39, 0.29) is 18.0 Å². The van der Waals surface area contributed by atoms with Crippen molar-refractivity contribution in [1.82, 2.24) is 10.2 Å². The number of hydrogen-bond donors (Lipinski definition) is 1. The van der Waals surface area contributed by atoms with Crippen molar-refractivity contribution in [2.24, 2.45) is 0 Å². The molecule has 0 radical (unpaired) electrons. The van der Waals surface area contributed by atoms with Gasteiger partial charge in [-0.15, -0.1) is 11.3 Å². The average Bonchev–Trinajstić information content (AvgIpc) is 3.50. The zero-order chi connectivity index (χ0) is 21.6. The molecule has 2 aromatic carbocycles. The first-order valence-corrected chi connectivity index (χ1v) is 11.4. The number of rotatable bonds is 8. The molecule has 31 heavy (non-hydrogen) atoms. The predicted molar refractivity (Wildman–Crippen MR) is 124 cm³/mol. The lowest BCUT2D eigenvalue weighted by Crippen LogP contribution is -2.38. The first kappa shape index (κ1) is 21.4. The number of amides is 1. The zero-order valence-electron chi connectivity index (χ0n) is 17.9.